The number of nitrogens with zero attached hydrogens (tertiary/aromatic N) is 2. The average molecular weight is 598 g/mol. The predicted molar refractivity (Wildman–Crippen MR) is 174 cm³/mol. The molecule has 2 aliphatic rings. The number of hydrogen-bond acceptors (Lipinski definition) is 7. The lowest BCUT2D eigenvalue weighted by Crippen LogP contribution is -2.34. The van der Waals surface area contributed by atoms with Crippen molar-refractivity contribution in [2.75, 3.05) is 23.8 Å². The number of hydrogen-bond donors (Lipinski definition) is 3. The lowest BCUT2D eigenvalue weighted by atomic mass is 9.90. The van der Waals surface area contributed by atoms with E-state index in [2.05, 4.69) is 41.1 Å². The molecular weight excluding hydrogens is 558 g/mol. The lowest BCUT2D eigenvalue weighted by molar-refractivity contribution is 0.0776. The number of ether oxygens (including phenoxy) is 1. The summed E-state index contributed by atoms with van der Waals surface area (Å²) in [4.78, 5) is 33.1. The Bertz CT molecular complexity index is 1670. The number of carbonyl (C=O) groups excluding carboxylic acids is 1. The molecule has 2 aromatic carbocycles. The summed E-state index contributed by atoms with van der Waals surface area (Å²) in [5, 5.41) is 9.94. The summed E-state index contributed by atoms with van der Waals surface area (Å²) < 4.78 is 6.98. The van der Waals surface area contributed by atoms with Gasteiger partial charge in [-0.15, -0.1) is 11.3 Å². The second-order valence-corrected chi connectivity index (χ2v) is 13.0. The van der Waals surface area contributed by atoms with Crippen molar-refractivity contribution in [2.45, 2.75) is 58.5 Å². The van der Waals surface area contributed by atoms with Gasteiger partial charge in [-0.2, -0.15) is 0 Å². The van der Waals surface area contributed by atoms with Crippen molar-refractivity contribution in [1.29, 1.82) is 0 Å². The third kappa shape index (κ3) is 6.74. The molecule has 2 aromatic heterocycles. The van der Waals surface area contributed by atoms with Gasteiger partial charge in [-0.3, -0.25) is 9.59 Å². The first kappa shape index (κ1) is 29.3. The zero-order chi connectivity index (χ0) is 29.9. The minimum Gasteiger partial charge on any atom is -0.381 e. The minimum absolute atomic E-state index is 0.0884. The third-order valence-electron chi connectivity index (χ3n) is 8.51. The molecule has 4 aromatic rings. The summed E-state index contributed by atoms with van der Waals surface area (Å²) >= 11 is 1.61. The van der Waals surface area contributed by atoms with Gasteiger partial charge in [0.25, 0.3) is 11.5 Å². The highest BCUT2D eigenvalue weighted by Crippen LogP contribution is 2.33. The average Bonchev–Trinajstić information content (AvgIpc) is 3.44. The Balaban J connectivity index is 1.17. The van der Waals surface area contributed by atoms with E-state index in [9.17, 15) is 9.59 Å². The number of amides is 1. The van der Waals surface area contributed by atoms with E-state index in [4.69, 9.17) is 9.72 Å². The number of fused-ring (bicyclic) bond motifs is 1. The van der Waals surface area contributed by atoms with Crippen LogP contribution >= 0.6 is 11.3 Å². The van der Waals surface area contributed by atoms with Gasteiger partial charge in [-0.1, -0.05) is 31.2 Å². The monoisotopic (exact) mass is 597 g/mol. The fourth-order valence-corrected chi connectivity index (χ4v) is 6.98. The standard InChI is InChI=1S/C34H39N5O3S/c1-21-7-12-30-24(17-21)18-31(43-30)33(40)38-28-6-4-5-27(22(28)2)29-20-39(3)34(41)32(37-29)36-26-10-8-23(9-11-26)19-35-25-13-15-42-16-14-25/h4-6,8-11,18,20-21,25,35H,7,12-17,19H2,1-3H3,(H,36,37)(H,38,40). The maximum Gasteiger partial charge on any atom is 0.293 e. The minimum atomic E-state index is -0.216. The van der Waals surface area contributed by atoms with Crippen molar-refractivity contribution in [2.24, 2.45) is 13.0 Å². The highest BCUT2D eigenvalue weighted by molar-refractivity contribution is 7.14. The van der Waals surface area contributed by atoms with Crippen molar-refractivity contribution in [3.8, 4) is 11.3 Å². The van der Waals surface area contributed by atoms with Crippen LogP contribution in [0.5, 0.6) is 0 Å². The van der Waals surface area contributed by atoms with Crippen LogP contribution in [0.2, 0.25) is 0 Å². The zero-order valence-corrected chi connectivity index (χ0v) is 25.9. The van der Waals surface area contributed by atoms with Gasteiger partial charge < -0.3 is 25.3 Å². The van der Waals surface area contributed by atoms with Gasteiger partial charge in [0.1, 0.15) is 0 Å². The normalized spacial score (nSPS) is 17.0. The summed E-state index contributed by atoms with van der Waals surface area (Å²) in [5.74, 6) is 0.823. The topological polar surface area (TPSA) is 97.3 Å². The van der Waals surface area contributed by atoms with Crippen molar-refractivity contribution in [3.63, 3.8) is 0 Å². The molecule has 0 spiro atoms. The Morgan fingerprint density at radius 2 is 1.91 bits per heavy atom. The number of anilines is 3. The molecular formula is C34H39N5O3S. The van der Waals surface area contributed by atoms with Crippen LogP contribution in [-0.4, -0.2) is 34.7 Å². The molecule has 1 aliphatic carbocycles. The number of nitrogens with one attached hydrogen (secondary N) is 3. The molecule has 1 unspecified atom stereocenters. The molecule has 1 saturated heterocycles. The molecule has 1 fully saturated rings. The van der Waals surface area contributed by atoms with Gasteiger partial charge in [0.15, 0.2) is 5.82 Å². The zero-order valence-electron chi connectivity index (χ0n) is 25.0. The first-order valence-corrected chi connectivity index (χ1v) is 15.9. The van der Waals surface area contributed by atoms with Crippen LogP contribution in [0.3, 0.4) is 0 Å². The molecule has 3 N–H and O–H groups in total. The van der Waals surface area contributed by atoms with E-state index >= 15 is 0 Å². The fourth-order valence-electron chi connectivity index (χ4n) is 5.87. The molecule has 1 aliphatic heterocycles. The summed E-state index contributed by atoms with van der Waals surface area (Å²) in [6, 6.07) is 16.4. The van der Waals surface area contributed by atoms with E-state index < -0.39 is 0 Å². The molecule has 0 radical (unpaired) electrons. The lowest BCUT2D eigenvalue weighted by Gasteiger charge is -2.23. The first-order valence-electron chi connectivity index (χ1n) is 15.1. The molecule has 9 heteroatoms. The van der Waals surface area contributed by atoms with E-state index in [1.807, 2.05) is 37.3 Å². The smallest absolute Gasteiger partial charge is 0.293 e. The van der Waals surface area contributed by atoms with Crippen LogP contribution in [0.4, 0.5) is 17.2 Å². The van der Waals surface area contributed by atoms with E-state index in [0.29, 0.717) is 17.7 Å². The Morgan fingerprint density at radius 1 is 1.12 bits per heavy atom. The van der Waals surface area contributed by atoms with Crippen LogP contribution in [0.15, 0.2) is 59.5 Å². The van der Waals surface area contributed by atoms with Gasteiger partial charge in [0, 0.05) is 60.9 Å². The van der Waals surface area contributed by atoms with Crippen LogP contribution in [0.25, 0.3) is 11.3 Å². The van der Waals surface area contributed by atoms with Crippen LogP contribution in [0, 0.1) is 12.8 Å². The van der Waals surface area contributed by atoms with E-state index in [1.54, 1.807) is 29.1 Å². The maximum absolute atomic E-state index is 13.2. The molecule has 224 valence electrons. The van der Waals surface area contributed by atoms with Crippen molar-refractivity contribution >= 4 is 34.4 Å². The second-order valence-electron chi connectivity index (χ2n) is 11.8. The number of benzene rings is 2. The fraction of sp³-hybridized carbons (Fsp3) is 0.382. The van der Waals surface area contributed by atoms with Gasteiger partial charge in [-0.05, 0) is 85.9 Å². The summed E-state index contributed by atoms with van der Waals surface area (Å²) in [7, 11) is 1.73. The molecule has 3 heterocycles. The van der Waals surface area contributed by atoms with Gasteiger partial charge in [-0.25, -0.2) is 4.98 Å². The number of aryl methyl sites for hydroxylation is 2. The number of aromatic nitrogens is 2. The quantitative estimate of drug-likeness (QED) is 0.224. The van der Waals surface area contributed by atoms with Gasteiger partial charge in [0.05, 0.1) is 10.6 Å². The summed E-state index contributed by atoms with van der Waals surface area (Å²) in [5.41, 5.74) is 6.20. The number of rotatable bonds is 8. The Hall–Kier alpha value is -3.79. The summed E-state index contributed by atoms with van der Waals surface area (Å²) in [6.07, 6.45) is 7.08. The highest BCUT2D eigenvalue weighted by atomic mass is 32.1. The van der Waals surface area contributed by atoms with Crippen molar-refractivity contribution in [1.82, 2.24) is 14.9 Å². The SMILES string of the molecule is Cc1c(NC(=O)c2cc3c(s2)CCC(C)C3)cccc1-c1cn(C)c(=O)c(Nc2ccc(CNC3CCOCC3)cc2)n1. The van der Waals surface area contributed by atoms with Crippen LogP contribution < -0.4 is 21.5 Å². The largest absolute Gasteiger partial charge is 0.381 e. The molecule has 8 nitrogen and oxygen atoms in total. The van der Waals surface area contributed by atoms with Gasteiger partial charge in [0.2, 0.25) is 0 Å². The van der Waals surface area contributed by atoms with E-state index in [0.717, 1.165) is 72.8 Å². The second kappa shape index (κ2) is 12.8. The molecule has 0 saturated carbocycles. The molecule has 1 amide bonds. The highest BCUT2D eigenvalue weighted by Gasteiger charge is 2.22. The predicted octanol–water partition coefficient (Wildman–Crippen LogP) is 6.21. The first-order chi connectivity index (χ1) is 20.8. The van der Waals surface area contributed by atoms with Crippen LogP contribution in [0.1, 0.15) is 57.4 Å². The van der Waals surface area contributed by atoms with Gasteiger partial charge >= 0.3 is 0 Å². The molecule has 1 atom stereocenters. The van der Waals surface area contributed by atoms with E-state index in [1.165, 1.54) is 22.4 Å². The third-order valence-corrected chi connectivity index (χ3v) is 9.75. The molecule has 0 bridgehead atoms. The Labute approximate surface area is 256 Å². The Kier molecular flexibility index (Phi) is 8.74. The molecule has 6 rings (SSSR count). The van der Waals surface area contributed by atoms with E-state index in [-0.39, 0.29) is 17.3 Å². The molecule has 43 heavy (non-hydrogen) atoms. The maximum atomic E-state index is 13.2. The summed E-state index contributed by atoms with van der Waals surface area (Å²) in [6.45, 7) is 6.67. The Morgan fingerprint density at radius 3 is 2.70 bits per heavy atom. The van der Waals surface area contributed by atoms with Crippen LogP contribution in [-0.2, 0) is 31.2 Å². The number of carbonyl (C=O) groups is 1. The van der Waals surface area contributed by atoms with Crippen molar-refractivity contribution in [3.05, 3.63) is 91.5 Å². The van der Waals surface area contributed by atoms with Crippen molar-refractivity contribution < 1.29 is 9.53 Å². The number of thiophene rings is 1.